The van der Waals surface area contributed by atoms with E-state index in [0.29, 0.717) is 42.3 Å². The fraction of sp³-hybridized carbons (Fsp3) is 0.381. The van der Waals surface area contributed by atoms with Gasteiger partial charge in [0.05, 0.1) is 31.4 Å². The molecule has 1 amide bonds. The van der Waals surface area contributed by atoms with Gasteiger partial charge in [0.1, 0.15) is 0 Å². The van der Waals surface area contributed by atoms with Crippen molar-refractivity contribution < 1.29 is 24.1 Å². The minimum Gasteiger partial charge on any atom is -0.493 e. The van der Waals surface area contributed by atoms with Gasteiger partial charge >= 0.3 is 0 Å². The zero-order valence-electron chi connectivity index (χ0n) is 16.7. The van der Waals surface area contributed by atoms with E-state index in [1.54, 1.807) is 7.11 Å². The van der Waals surface area contributed by atoms with Crippen molar-refractivity contribution in [1.82, 2.24) is 5.32 Å². The molecule has 8 heteroatoms. The van der Waals surface area contributed by atoms with Crippen LogP contribution in [0.15, 0.2) is 40.9 Å². The van der Waals surface area contributed by atoms with Crippen molar-refractivity contribution in [2.45, 2.75) is 13.5 Å². The van der Waals surface area contributed by atoms with Gasteiger partial charge in [-0.05, 0) is 52.7 Å². The maximum atomic E-state index is 12.2. The molecule has 0 saturated heterocycles. The van der Waals surface area contributed by atoms with Crippen molar-refractivity contribution in [2.24, 2.45) is 0 Å². The third kappa shape index (κ3) is 8.02. The molecule has 0 spiro atoms. The van der Waals surface area contributed by atoms with Gasteiger partial charge in [-0.15, -0.1) is 0 Å². The van der Waals surface area contributed by atoms with Crippen LogP contribution in [0.25, 0.3) is 0 Å². The number of ether oxygens (including phenoxy) is 3. The highest BCUT2D eigenvalue weighted by Gasteiger charge is 2.14. The van der Waals surface area contributed by atoms with Gasteiger partial charge in [-0.25, -0.2) is 0 Å². The lowest BCUT2D eigenvalue weighted by molar-refractivity contribution is -0.118. The minimum absolute atomic E-state index is 0.0225. The smallest absolute Gasteiger partial charge is 0.262 e. The molecule has 0 saturated carbocycles. The van der Waals surface area contributed by atoms with Crippen LogP contribution in [0, 0.1) is 6.92 Å². The van der Waals surface area contributed by atoms with Gasteiger partial charge in [0.2, 0.25) is 0 Å². The highest BCUT2D eigenvalue weighted by molar-refractivity contribution is 9.10. The van der Waals surface area contributed by atoms with Crippen LogP contribution in [0.1, 0.15) is 11.1 Å². The Balaban J connectivity index is 1.89. The maximum Gasteiger partial charge on any atom is 0.262 e. The average molecular weight is 467 g/mol. The van der Waals surface area contributed by atoms with Crippen molar-refractivity contribution in [3.63, 3.8) is 0 Å². The lowest BCUT2D eigenvalue weighted by Crippen LogP contribution is -2.21. The predicted molar refractivity (Wildman–Crippen MR) is 116 cm³/mol. The molecule has 0 heterocycles. The molecular weight excluding hydrogens is 440 g/mol. The number of methoxy groups -OCH3 is 1. The lowest BCUT2D eigenvalue weighted by atomic mass is 10.2. The summed E-state index contributed by atoms with van der Waals surface area (Å²) in [7, 11) is 1.56. The molecule has 0 unspecified atom stereocenters. The Hall–Kier alpha value is -2.13. The molecule has 0 atom stereocenters. The zero-order valence-corrected chi connectivity index (χ0v) is 18.3. The fourth-order valence-electron chi connectivity index (χ4n) is 2.53. The van der Waals surface area contributed by atoms with E-state index in [0.717, 1.165) is 16.8 Å². The molecule has 0 aliphatic rings. The molecule has 0 bridgehead atoms. The van der Waals surface area contributed by atoms with Crippen LogP contribution in [0.4, 0.5) is 5.69 Å². The zero-order chi connectivity index (χ0) is 21.1. The first kappa shape index (κ1) is 23.2. The Labute approximate surface area is 179 Å². The van der Waals surface area contributed by atoms with Crippen LogP contribution in [-0.4, -0.2) is 51.1 Å². The van der Waals surface area contributed by atoms with Crippen LogP contribution in [-0.2, 0) is 16.1 Å². The van der Waals surface area contributed by atoms with Crippen molar-refractivity contribution in [3.05, 3.63) is 52.0 Å². The van der Waals surface area contributed by atoms with E-state index in [1.165, 1.54) is 0 Å². The van der Waals surface area contributed by atoms with Crippen molar-refractivity contribution in [1.29, 1.82) is 0 Å². The van der Waals surface area contributed by atoms with Crippen LogP contribution in [0.2, 0.25) is 0 Å². The SMILES string of the molecule is COc1cc(CNCCOCCO)cc(Br)c1OCC(=O)Nc1ccc(C)cc1. The van der Waals surface area contributed by atoms with Crippen molar-refractivity contribution in [3.8, 4) is 11.5 Å². The first-order valence-corrected chi connectivity index (χ1v) is 10.1. The standard InChI is InChI=1S/C21H27BrN2O5/c1-15-3-5-17(6-4-15)24-20(26)14-29-21-18(22)11-16(12-19(21)27-2)13-23-7-9-28-10-8-25/h3-6,11-12,23,25H,7-10,13-14H2,1-2H3,(H,24,26). The second-order valence-corrected chi connectivity index (χ2v) is 7.18. The number of rotatable bonds is 12. The number of hydrogen-bond donors (Lipinski definition) is 3. The van der Waals surface area contributed by atoms with Gasteiger partial charge in [-0.3, -0.25) is 4.79 Å². The summed E-state index contributed by atoms with van der Waals surface area (Å²) in [5, 5.41) is 14.7. The van der Waals surface area contributed by atoms with Crippen LogP contribution in [0.5, 0.6) is 11.5 Å². The number of aliphatic hydroxyl groups excluding tert-OH is 1. The number of aryl methyl sites for hydroxylation is 1. The van der Waals surface area contributed by atoms with E-state index in [2.05, 4.69) is 26.6 Å². The number of nitrogens with one attached hydrogen (secondary N) is 2. The molecule has 2 aromatic carbocycles. The van der Waals surface area contributed by atoms with E-state index in [4.69, 9.17) is 19.3 Å². The van der Waals surface area contributed by atoms with Crippen LogP contribution in [0.3, 0.4) is 0 Å². The van der Waals surface area contributed by atoms with Gasteiger partial charge in [0.25, 0.3) is 5.91 Å². The van der Waals surface area contributed by atoms with E-state index >= 15 is 0 Å². The molecule has 0 aromatic heterocycles. The summed E-state index contributed by atoms with van der Waals surface area (Å²) in [6, 6.07) is 11.3. The highest BCUT2D eigenvalue weighted by Crippen LogP contribution is 2.36. The summed E-state index contributed by atoms with van der Waals surface area (Å²) in [4.78, 5) is 12.2. The summed E-state index contributed by atoms with van der Waals surface area (Å²) in [6.07, 6.45) is 0. The Bertz CT molecular complexity index is 783. The predicted octanol–water partition coefficient (Wildman–Crippen LogP) is 2.88. The van der Waals surface area contributed by atoms with Gasteiger partial charge in [0, 0.05) is 18.8 Å². The third-order valence-electron chi connectivity index (χ3n) is 3.96. The average Bonchev–Trinajstić information content (AvgIpc) is 2.71. The molecular formula is C21H27BrN2O5. The summed E-state index contributed by atoms with van der Waals surface area (Å²) < 4.78 is 17.0. The summed E-state index contributed by atoms with van der Waals surface area (Å²) in [5.74, 6) is 0.758. The monoisotopic (exact) mass is 466 g/mol. The van der Waals surface area contributed by atoms with E-state index in [-0.39, 0.29) is 19.1 Å². The number of aliphatic hydroxyl groups is 1. The number of amides is 1. The van der Waals surface area contributed by atoms with E-state index in [9.17, 15) is 4.79 Å². The van der Waals surface area contributed by atoms with Gasteiger partial charge in [0.15, 0.2) is 18.1 Å². The summed E-state index contributed by atoms with van der Waals surface area (Å²) >= 11 is 3.49. The first-order chi connectivity index (χ1) is 14.0. The Kier molecular flexibility index (Phi) is 9.93. The number of anilines is 1. The molecule has 0 aliphatic carbocycles. The van der Waals surface area contributed by atoms with Crippen molar-refractivity contribution >= 4 is 27.5 Å². The largest absolute Gasteiger partial charge is 0.493 e. The molecule has 29 heavy (non-hydrogen) atoms. The number of benzene rings is 2. The minimum atomic E-state index is -0.253. The van der Waals surface area contributed by atoms with Gasteiger partial charge < -0.3 is 30.0 Å². The fourth-order valence-corrected chi connectivity index (χ4v) is 3.13. The van der Waals surface area contributed by atoms with Gasteiger partial charge in [-0.2, -0.15) is 0 Å². The third-order valence-corrected chi connectivity index (χ3v) is 4.55. The van der Waals surface area contributed by atoms with Crippen LogP contribution >= 0.6 is 15.9 Å². The molecule has 0 aliphatic heterocycles. The molecule has 3 N–H and O–H groups in total. The summed E-state index contributed by atoms with van der Waals surface area (Å²) in [5.41, 5.74) is 2.84. The number of hydrogen-bond acceptors (Lipinski definition) is 6. The number of carbonyl (C=O) groups is 1. The summed E-state index contributed by atoms with van der Waals surface area (Å²) in [6.45, 7) is 4.02. The number of halogens is 1. The topological polar surface area (TPSA) is 89.1 Å². The Morgan fingerprint density at radius 2 is 1.93 bits per heavy atom. The second kappa shape index (κ2) is 12.4. The molecule has 2 rings (SSSR count). The highest BCUT2D eigenvalue weighted by atomic mass is 79.9. The Morgan fingerprint density at radius 3 is 2.62 bits per heavy atom. The quantitative estimate of drug-likeness (QED) is 0.416. The number of carbonyl (C=O) groups excluding carboxylic acids is 1. The lowest BCUT2D eigenvalue weighted by Gasteiger charge is -2.15. The first-order valence-electron chi connectivity index (χ1n) is 9.28. The van der Waals surface area contributed by atoms with Gasteiger partial charge in [-0.1, -0.05) is 17.7 Å². The van der Waals surface area contributed by atoms with Crippen LogP contribution < -0.4 is 20.1 Å². The Morgan fingerprint density at radius 1 is 1.17 bits per heavy atom. The molecule has 0 fully saturated rings. The van der Waals surface area contributed by atoms with E-state index in [1.807, 2.05) is 43.3 Å². The molecule has 0 radical (unpaired) electrons. The van der Waals surface area contributed by atoms with E-state index < -0.39 is 0 Å². The maximum absolute atomic E-state index is 12.2. The molecule has 2 aromatic rings. The van der Waals surface area contributed by atoms with Crippen molar-refractivity contribution in [2.75, 3.05) is 45.4 Å². The second-order valence-electron chi connectivity index (χ2n) is 6.32. The normalized spacial score (nSPS) is 10.6. The molecule has 7 nitrogen and oxygen atoms in total. The molecule has 158 valence electrons.